The van der Waals surface area contributed by atoms with Crippen LogP contribution in [0.25, 0.3) is 0 Å². The highest BCUT2D eigenvalue weighted by Gasteiger charge is 2.38. The Morgan fingerprint density at radius 2 is 1.39 bits per heavy atom. The zero-order chi connectivity index (χ0) is 32.0. The highest BCUT2D eigenvalue weighted by Crippen LogP contribution is 2.31. The van der Waals surface area contributed by atoms with Crippen molar-refractivity contribution in [2.75, 3.05) is 20.3 Å². The van der Waals surface area contributed by atoms with Crippen LogP contribution in [-0.4, -0.2) is 53.2 Å². The van der Waals surface area contributed by atoms with Crippen LogP contribution >= 0.6 is 0 Å². The van der Waals surface area contributed by atoms with E-state index < -0.39 is 44.7 Å². The first-order chi connectivity index (χ1) is 20.8. The second-order valence-corrected chi connectivity index (χ2v) is 14.5. The van der Waals surface area contributed by atoms with Gasteiger partial charge in [0.05, 0.1) is 28.7 Å². The SMILES string of the molecule is COC(C)(C)O[C@H](CN([C@H](COS(=O)(=O)c1ccc(C)cc1)Cc1ccccc1)S(=O)(=O)c1ccc(C)cc1)c1ccco1. The summed E-state index contributed by atoms with van der Waals surface area (Å²) < 4.78 is 79.7. The zero-order valence-electron chi connectivity index (χ0n) is 25.5. The Kier molecular flexibility index (Phi) is 10.8. The van der Waals surface area contributed by atoms with Gasteiger partial charge in [-0.3, -0.25) is 4.18 Å². The maximum absolute atomic E-state index is 14.5. The molecule has 0 aliphatic heterocycles. The van der Waals surface area contributed by atoms with E-state index in [0.29, 0.717) is 5.76 Å². The summed E-state index contributed by atoms with van der Waals surface area (Å²) in [5.41, 5.74) is 2.58. The molecular formula is C33H39NO8S2. The number of rotatable bonds is 15. The molecule has 0 radical (unpaired) electrons. The molecule has 1 heterocycles. The van der Waals surface area contributed by atoms with Crippen molar-refractivity contribution in [2.24, 2.45) is 0 Å². The molecule has 9 nitrogen and oxygen atoms in total. The first-order valence-corrected chi connectivity index (χ1v) is 17.0. The van der Waals surface area contributed by atoms with E-state index in [1.54, 1.807) is 50.2 Å². The van der Waals surface area contributed by atoms with Crippen LogP contribution in [0.4, 0.5) is 0 Å². The lowest BCUT2D eigenvalue weighted by Gasteiger charge is -2.35. The van der Waals surface area contributed by atoms with Crippen LogP contribution in [0.3, 0.4) is 0 Å². The number of nitrogens with zero attached hydrogens (tertiary/aromatic N) is 1. The molecule has 4 aromatic rings. The Balaban J connectivity index is 1.80. The van der Waals surface area contributed by atoms with Crippen molar-refractivity contribution >= 4 is 20.1 Å². The number of sulfonamides is 1. The van der Waals surface area contributed by atoms with Crippen molar-refractivity contribution in [1.82, 2.24) is 4.31 Å². The molecule has 1 aromatic heterocycles. The Labute approximate surface area is 260 Å². The maximum atomic E-state index is 14.5. The normalized spacial score (nSPS) is 14.0. The third-order valence-electron chi connectivity index (χ3n) is 7.20. The quantitative estimate of drug-likeness (QED) is 0.114. The number of benzene rings is 3. The van der Waals surface area contributed by atoms with Crippen molar-refractivity contribution in [3.8, 4) is 0 Å². The molecule has 0 aliphatic carbocycles. The van der Waals surface area contributed by atoms with E-state index in [4.69, 9.17) is 18.1 Å². The summed E-state index contributed by atoms with van der Waals surface area (Å²) >= 11 is 0. The van der Waals surface area contributed by atoms with Crippen LogP contribution in [0.1, 0.15) is 42.4 Å². The molecule has 0 saturated heterocycles. The molecule has 44 heavy (non-hydrogen) atoms. The van der Waals surface area contributed by atoms with Gasteiger partial charge in [-0.05, 0) is 76.1 Å². The van der Waals surface area contributed by atoms with E-state index in [1.165, 1.54) is 41.9 Å². The highest BCUT2D eigenvalue weighted by molar-refractivity contribution is 7.89. The lowest BCUT2D eigenvalue weighted by atomic mass is 10.1. The van der Waals surface area contributed by atoms with Crippen LogP contribution in [0.5, 0.6) is 0 Å². The van der Waals surface area contributed by atoms with Crippen LogP contribution in [0.2, 0.25) is 0 Å². The lowest BCUT2D eigenvalue weighted by molar-refractivity contribution is -0.230. The van der Waals surface area contributed by atoms with Gasteiger partial charge in [-0.15, -0.1) is 0 Å². The van der Waals surface area contributed by atoms with E-state index in [1.807, 2.05) is 44.2 Å². The van der Waals surface area contributed by atoms with Gasteiger partial charge in [0.25, 0.3) is 10.1 Å². The molecule has 236 valence electrons. The van der Waals surface area contributed by atoms with E-state index in [-0.39, 0.29) is 22.8 Å². The Morgan fingerprint density at radius 1 is 0.795 bits per heavy atom. The molecule has 11 heteroatoms. The predicted octanol–water partition coefficient (Wildman–Crippen LogP) is 6.04. The summed E-state index contributed by atoms with van der Waals surface area (Å²) in [5, 5.41) is 0. The Hall–Kier alpha value is -3.32. The number of hydrogen-bond acceptors (Lipinski definition) is 8. The van der Waals surface area contributed by atoms with E-state index in [9.17, 15) is 16.8 Å². The minimum atomic E-state index is -4.23. The van der Waals surface area contributed by atoms with Gasteiger partial charge in [-0.1, -0.05) is 65.7 Å². The summed E-state index contributed by atoms with van der Waals surface area (Å²) in [6.45, 7) is 6.46. The fourth-order valence-electron chi connectivity index (χ4n) is 4.57. The molecule has 3 aromatic carbocycles. The second kappa shape index (κ2) is 14.2. The number of ether oxygens (including phenoxy) is 2. The third kappa shape index (κ3) is 8.65. The number of hydrogen-bond donors (Lipinski definition) is 0. The lowest BCUT2D eigenvalue weighted by Crippen LogP contribution is -2.47. The van der Waals surface area contributed by atoms with Gasteiger partial charge in [0.15, 0.2) is 5.79 Å². The molecule has 0 fully saturated rings. The van der Waals surface area contributed by atoms with Gasteiger partial charge in [-0.25, -0.2) is 8.42 Å². The standard InChI is InChI=1S/C33H39NO8S2/c1-25-13-17-29(18-14-25)43(35,36)34(23-32(31-12-9-21-40-31)42-33(3,4)39-5)28(22-27-10-7-6-8-11-27)24-41-44(37,38)30-19-15-26(2)16-20-30/h6-21,28,32H,22-24H2,1-5H3/t28-,32+/m0/s1. The van der Waals surface area contributed by atoms with Gasteiger partial charge in [-0.2, -0.15) is 12.7 Å². The minimum absolute atomic E-state index is 0.0202. The predicted molar refractivity (Wildman–Crippen MR) is 167 cm³/mol. The van der Waals surface area contributed by atoms with Crippen LogP contribution in [-0.2, 0) is 40.2 Å². The fraction of sp³-hybridized carbons (Fsp3) is 0.333. The molecular weight excluding hydrogens is 602 g/mol. The first-order valence-electron chi connectivity index (χ1n) is 14.2. The molecule has 4 rings (SSSR count). The highest BCUT2D eigenvalue weighted by atomic mass is 32.2. The molecule has 0 aliphatic rings. The number of furan rings is 1. The van der Waals surface area contributed by atoms with Gasteiger partial charge >= 0.3 is 0 Å². The smallest absolute Gasteiger partial charge is 0.297 e. The zero-order valence-corrected chi connectivity index (χ0v) is 27.2. The largest absolute Gasteiger partial charge is 0.467 e. The monoisotopic (exact) mass is 641 g/mol. The maximum Gasteiger partial charge on any atom is 0.297 e. The van der Waals surface area contributed by atoms with Crippen molar-refractivity contribution in [2.45, 2.75) is 61.8 Å². The van der Waals surface area contributed by atoms with Gasteiger partial charge in [0, 0.05) is 13.7 Å². The Morgan fingerprint density at radius 3 is 1.93 bits per heavy atom. The van der Waals surface area contributed by atoms with Crippen LogP contribution < -0.4 is 0 Å². The van der Waals surface area contributed by atoms with Gasteiger partial charge in [0.2, 0.25) is 10.0 Å². The van der Waals surface area contributed by atoms with E-state index >= 15 is 0 Å². The van der Waals surface area contributed by atoms with Crippen molar-refractivity contribution < 1.29 is 34.9 Å². The van der Waals surface area contributed by atoms with Crippen LogP contribution in [0, 0.1) is 13.8 Å². The summed E-state index contributed by atoms with van der Waals surface area (Å²) in [5.74, 6) is -0.720. The first kappa shape index (κ1) is 33.6. The van der Waals surface area contributed by atoms with E-state index in [2.05, 4.69) is 0 Å². The van der Waals surface area contributed by atoms with Gasteiger partial charge < -0.3 is 13.9 Å². The minimum Gasteiger partial charge on any atom is -0.467 e. The topological polar surface area (TPSA) is 112 Å². The Bertz CT molecular complexity index is 1690. The average Bonchev–Trinajstić information content (AvgIpc) is 3.54. The number of methoxy groups -OCH3 is 1. The molecule has 0 unspecified atom stereocenters. The number of aryl methyl sites for hydroxylation is 2. The fourth-order valence-corrected chi connectivity index (χ4v) is 7.13. The van der Waals surface area contributed by atoms with E-state index in [0.717, 1.165) is 16.7 Å². The van der Waals surface area contributed by atoms with Crippen molar-refractivity contribution in [3.05, 3.63) is 120 Å². The molecule has 0 spiro atoms. The summed E-state index contributed by atoms with van der Waals surface area (Å²) in [4.78, 5) is 0.0277. The van der Waals surface area contributed by atoms with Gasteiger partial charge in [0.1, 0.15) is 11.9 Å². The van der Waals surface area contributed by atoms with Crippen molar-refractivity contribution in [3.63, 3.8) is 0 Å². The second-order valence-electron chi connectivity index (χ2n) is 11.0. The molecule has 0 bridgehead atoms. The summed E-state index contributed by atoms with van der Waals surface area (Å²) in [6.07, 6.45) is 0.726. The summed E-state index contributed by atoms with van der Waals surface area (Å²) in [6, 6.07) is 24.4. The molecule has 0 amide bonds. The molecule has 2 atom stereocenters. The molecule has 0 N–H and O–H groups in total. The average molecular weight is 642 g/mol. The third-order valence-corrected chi connectivity index (χ3v) is 10.4. The van der Waals surface area contributed by atoms with Crippen molar-refractivity contribution in [1.29, 1.82) is 0 Å². The van der Waals surface area contributed by atoms with Crippen LogP contribution in [0.15, 0.2) is 111 Å². The molecule has 0 saturated carbocycles. The summed E-state index contributed by atoms with van der Waals surface area (Å²) in [7, 11) is -6.95.